The largest absolute Gasteiger partial charge is 0.507 e. The molecule has 0 spiro atoms. The number of aromatic hydroxyl groups is 9. The summed E-state index contributed by atoms with van der Waals surface area (Å²) in [5.41, 5.74) is -2.69. The highest BCUT2D eigenvalue weighted by Gasteiger charge is 2.52. The highest BCUT2D eigenvalue weighted by atomic mass is 16.6. The third-order valence-corrected chi connectivity index (χ3v) is 6.87. The summed E-state index contributed by atoms with van der Waals surface area (Å²) in [4.78, 5) is 38.5. The van der Waals surface area contributed by atoms with Crippen molar-refractivity contribution in [3.8, 4) is 51.7 Å². The van der Waals surface area contributed by atoms with Gasteiger partial charge in [-0.2, -0.15) is 0 Å². The van der Waals surface area contributed by atoms with Crippen LogP contribution in [0.15, 0.2) is 30.3 Å². The molecule has 5 atom stereocenters. The minimum atomic E-state index is -2.13. The molecule has 1 heterocycles. The second-order valence-corrected chi connectivity index (χ2v) is 9.84. The van der Waals surface area contributed by atoms with E-state index in [1.54, 1.807) is 0 Å². The van der Waals surface area contributed by atoms with E-state index in [-0.39, 0.29) is 0 Å². The minimum Gasteiger partial charge on any atom is -0.507 e. The van der Waals surface area contributed by atoms with Crippen LogP contribution in [-0.2, 0) is 14.2 Å². The average Bonchev–Trinajstić information content (AvgIpc) is 2.96. The zero-order valence-electron chi connectivity index (χ0n) is 22.8. The predicted octanol–water partition coefficient (Wildman–Crippen LogP) is 0.484. The lowest BCUT2D eigenvalue weighted by atomic mass is 9.88. The zero-order valence-corrected chi connectivity index (χ0v) is 22.8. The molecule has 3 aromatic rings. The number of ether oxygens (including phenoxy) is 3. The molecule has 0 aliphatic carbocycles. The molecule has 0 amide bonds. The van der Waals surface area contributed by atoms with Gasteiger partial charge in [0.1, 0.15) is 41.1 Å². The van der Waals surface area contributed by atoms with Crippen molar-refractivity contribution in [2.24, 2.45) is 0 Å². The van der Waals surface area contributed by atoms with E-state index in [0.29, 0.717) is 30.3 Å². The Morgan fingerprint density at radius 2 is 1.11 bits per heavy atom. The van der Waals surface area contributed by atoms with Crippen molar-refractivity contribution in [2.75, 3.05) is 6.61 Å². The van der Waals surface area contributed by atoms with Crippen LogP contribution in [0, 0.1) is 0 Å². The Labute approximate surface area is 251 Å². The van der Waals surface area contributed by atoms with Gasteiger partial charge in [0, 0.05) is 6.07 Å². The van der Waals surface area contributed by atoms with E-state index in [2.05, 4.69) is 0 Å². The third kappa shape index (κ3) is 5.94. The van der Waals surface area contributed by atoms with Gasteiger partial charge < -0.3 is 70.4 Å². The van der Waals surface area contributed by atoms with Gasteiger partial charge in [-0.3, -0.25) is 4.79 Å². The first kappa shape index (κ1) is 32.3. The van der Waals surface area contributed by atoms with Crippen LogP contribution in [0.3, 0.4) is 0 Å². The minimum absolute atomic E-state index is 0.605. The van der Waals surface area contributed by atoms with Crippen LogP contribution < -0.4 is 0 Å². The van der Waals surface area contributed by atoms with E-state index >= 15 is 0 Å². The molecule has 4 rings (SSSR count). The molecule has 1 aliphatic heterocycles. The molecule has 0 radical (unpaired) electrons. The van der Waals surface area contributed by atoms with E-state index in [0.717, 1.165) is 6.92 Å². The SMILES string of the molecule is CC(=O)c1c(O)cc(O)c(C2OC(CO)C(O)C(OC(=O)c3cc(O)c(O)c(O)c3)C2OC(=O)c2cc(O)c(O)c(O)c2)c1O. The van der Waals surface area contributed by atoms with Crippen LogP contribution in [0.4, 0.5) is 0 Å². The second-order valence-electron chi connectivity index (χ2n) is 9.84. The smallest absolute Gasteiger partial charge is 0.338 e. The summed E-state index contributed by atoms with van der Waals surface area (Å²) in [5, 5.41) is 111. The number of Topliss-reactive ketones (excluding diaryl/α,β-unsaturated/α-hetero) is 1. The fourth-order valence-electron chi connectivity index (χ4n) is 4.69. The van der Waals surface area contributed by atoms with Crippen molar-refractivity contribution in [1.82, 2.24) is 0 Å². The summed E-state index contributed by atoms with van der Waals surface area (Å²) in [6, 6.07) is 3.30. The Kier molecular flexibility index (Phi) is 8.71. The fraction of sp³-hybridized carbons (Fsp3) is 0.250. The molecule has 17 nitrogen and oxygen atoms in total. The highest BCUT2D eigenvalue weighted by molar-refractivity contribution is 6.00. The van der Waals surface area contributed by atoms with Crippen LogP contribution in [-0.4, -0.2) is 105 Å². The van der Waals surface area contributed by atoms with Crippen molar-refractivity contribution < 1.29 is 84.8 Å². The number of aliphatic hydroxyl groups excluding tert-OH is 2. The van der Waals surface area contributed by atoms with E-state index in [4.69, 9.17) is 14.2 Å². The molecule has 1 saturated heterocycles. The summed E-state index contributed by atoms with van der Waals surface area (Å²) >= 11 is 0. The maximum Gasteiger partial charge on any atom is 0.338 e. The number of rotatable bonds is 7. The Morgan fingerprint density at radius 1 is 0.667 bits per heavy atom. The fourth-order valence-corrected chi connectivity index (χ4v) is 4.69. The number of benzene rings is 3. The van der Waals surface area contributed by atoms with E-state index in [9.17, 15) is 70.6 Å². The molecule has 11 N–H and O–H groups in total. The van der Waals surface area contributed by atoms with E-state index < -0.39 is 129 Å². The van der Waals surface area contributed by atoms with Gasteiger partial charge in [0.15, 0.2) is 52.5 Å². The lowest BCUT2D eigenvalue weighted by molar-refractivity contribution is -0.232. The van der Waals surface area contributed by atoms with Crippen molar-refractivity contribution in [1.29, 1.82) is 0 Å². The monoisotopic (exact) mass is 634 g/mol. The highest BCUT2D eigenvalue weighted by Crippen LogP contribution is 2.48. The first-order chi connectivity index (χ1) is 21.1. The number of aliphatic hydroxyl groups is 2. The van der Waals surface area contributed by atoms with Crippen molar-refractivity contribution in [2.45, 2.75) is 37.4 Å². The van der Waals surface area contributed by atoms with Gasteiger partial charge in [0.05, 0.1) is 23.3 Å². The molecule has 5 unspecified atom stereocenters. The van der Waals surface area contributed by atoms with Crippen LogP contribution >= 0.6 is 0 Å². The van der Waals surface area contributed by atoms with Gasteiger partial charge in [-0.05, 0) is 31.2 Å². The van der Waals surface area contributed by atoms with Gasteiger partial charge in [-0.1, -0.05) is 0 Å². The first-order valence-corrected chi connectivity index (χ1v) is 12.7. The van der Waals surface area contributed by atoms with Gasteiger partial charge >= 0.3 is 11.9 Å². The van der Waals surface area contributed by atoms with Gasteiger partial charge in [-0.25, -0.2) is 9.59 Å². The van der Waals surface area contributed by atoms with Gasteiger partial charge in [-0.15, -0.1) is 0 Å². The Balaban J connectivity index is 1.88. The quantitative estimate of drug-likeness (QED) is 0.0956. The number of esters is 2. The lowest BCUT2D eigenvalue weighted by Gasteiger charge is -2.43. The van der Waals surface area contributed by atoms with E-state index in [1.807, 2.05) is 0 Å². The number of carbonyl (C=O) groups is 3. The molecule has 0 bridgehead atoms. The predicted molar refractivity (Wildman–Crippen MR) is 143 cm³/mol. The van der Waals surface area contributed by atoms with Crippen LogP contribution in [0.5, 0.6) is 51.7 Å². The Bertz CT molecular complexity index is 1640. The molecular weight excluding hydrogens is 608 g/mol. The number of phenolic OH excluding ortho intramolecular Hbond substituents is 9. The van der Waals surface area contributed by atoms with Crippen LogP contribution in [0.2, 0.25) is 0 Å². The number of carbonyl (C=O) groups excluding carboxylic acids is 3. The molecule has 3 aromatic carbocycles. The maximum absolute atomic E-state index is 13.2. The van der Waals surface area contributed by atoms with Crippen molar-refractivity contribution in [3.63, 3.8) is 0 Å². The molecular formula is C28H26O17. The standard InChI is InChI=1S/C28H26O17/c1-8(30)18-11(31)6-12(32)19(23(18)40)24-26(45-28(42)10-4-15(35)21(38)16(36)5-10)25(22(39)17(7-29)43-24)44-27(41)9-2-13(33)20(37)14(34)3-9/h2-6,17,22,24-26,29,31-40H,7H2,1H3. The molecule has 240 valence electrons. The molecule has 1 fully saturated rings. The summed E-state index contributed by atoms with van der Waals surface area (Å²) in [5.74, 6) is -12.5. The summed E-state index contributed by atoms with van der Waals surface area (Å²) < 4.78 is 16.4. The van der Waals surface area contributed by atoms with Crippen LogP contribution in [0.25, 0.3) is 0 Å². The topological polar surface area (TPSA) is 301 Å². The zero-order chi connectivity index (χ0) is 33.5. The number of ketones is 1. The second kappa shape index (κ2) is 12.2. The summed E-state index contributed by atoms with van der Waals surface area (Å²) in [7, 11) is 0. The van der Waals surface area contributed by atoms with Crippen molar-refractivity contribution in [3.05, 3.63) is 52.6 Å². The lowest BCUT2D eigenvalue weighted by Crippen LogP contribution is -2.58. The van der Waals surface area contributed by atoms with Gasteiger partial charge in [0.2, 0.25) is 0 Å². The Morgan fingerprint density at radius 3 is 1.53 bits per heavy atom. The van der Waals surface area contributed by atoms with Gasteiger partial charge in [0.25, 0.3) is 0 Å². The molecule has 17 heteroatoms. The normalized spacial score (nSPS) is 21.2. The Hall–Kier alpha value is -5.65. The summed E-state index contributed by atoms with van der Waals surface area (Å²) in [6.07, 6.45) is -9.99. The average molecular weight is 634 g/mol. The van der Waals surface area contributed by atoms with E-state index in [1.165, 1.54) is 0 Å². The maximum atomic E-state index is 13.2. The molecule has 1 aliphatic rings. The number of hydrogen-bond donors (Lipinski definition) is 11. The molecule has 0 saturated carbocycles. The summed E-state index contributed by atoms with van der Waals surface area (Å²) in [6.45, 7) is -0.0575. The van der Waals surface area contributed by atoms with Crippen molar-refractivity contribution >= 4 is 17.7 Å². The molecule has 0 aromatic heterocycles. The first-order valence-electron chi connectivity index (χ1n) is 12.7. The number of phenols is 9. The van der Waals surface area contributed by atoms with Crippen LogP contribution in [0.1, 0.15) is 49.7 Å². The third-order valence-electron chi connectivity index (χ3n) is 6.87. The number of hydrogen-bond acceptors (Lipinski definition) is 17. The molecule has 45 heavy (non-hydrogen) atoms.